The fourth-order valence-corrected chi connectivity index (χ4v) is 3.78. The van der Waals surface area contributed by atoms with Crippen molar-refractivity contribution in [2.45, 2.75) is 38.6 Å². The Hall–Kier alpha value is -1.63. The van der Waals surface area contributed by atoms with Gasteiger partial charge in [0.25, 0.3) is 5.91 Å². The Balaban J connectivity index is 1.65. The minimum atomic E-state index is -0.508. The lowest BCUT2D eigenvalue weighted by molar-refractivity contribution is -0.117. The molecule has 3 amide bonds. The molecule has 0 aromatic carbocycles. The average molecular weight is 294 g/mol. The molecule has 1 aliphatic heterocycles. The number of rotatable bonds is 3. The molecular formula is C13H18N4O2S. The van der Waals surface area contributed by atoms with Crippen LogP contribution in [0.15, 0.2) is 0 Å². The molecule has 20 heavy (non-hydrogen) atoms. The Morgan fingerprint density at radius 1 is 1.55 bits per heavy atom. The van der Waals surface area contributed by atoms with Crippen molar-refractivity contribution in [1.82, 2.24) is 15.6 Å². The van der Waals surface area contributed by atoms with E-state index in [1.54, 1.807) is 11.3 Å². The Bertz CT molecular complexity index is 542. The molecule has 3 N–H and O–H groups in total. The van der Waals surface area contributed by atoms with Crippen LogP contribution in [0.2, 0.25) is 0 Å². The summed E-state index contributed by atoms with van der Waals surface area (Å²) in [6, 6.07) is -0.804. The molecule has 1 aromatic heterocycles. The molecular weight excluding hydrogens is 276 g/mol. The third-order valence-corrected chi connectivity index (χ3v) is 4.97. The molecule has 0 radical (unpaired) electrons. The van der Waals surface area contributed by atoms with Crippen molar-refractivity contribution >= 4 is 28.4 Å². The van der Waals surface area contributed by atoms with E-state index in [2.05, 4.69) is 27.9 Å². The second kappa shape index (κ2) is 5.40. The number of fused-ring (bicyclic) bond motifs is 1. The number of thiazole rings is 1. The Morgan fingerprint density at radius 2 is 2.40 bits per heavy atom. The van der Waals surface area contributed by atoms with Crippen LogP contribution in [0.1, 0.15) is 30.3 Å². The van der Waals surface area contributed by atoms with Crippen LogP contribution in [-0.2, 0) is 17.6 Å². The topological polar surface area (TPSA) is 83.1 Å². The van der Waals surface area contributed by atoms with Crippen molar-refractivity contribution < 1.29 is 9.59 Å². The minimum absolute atomic E-state index is 0.207. The molecule has 0 spiro atoms. The second-order valence-corrected chi connectivity index (χ2v) is 6.39. The van der Waals surface area contributed by atoms with Gasteiger partial charge in [0.1, 0.15) is 6.04 Å². The van der Waals surface area contributed by atoms with Gasteiger partial charge >= 0.3 is 6.03 Å². The van der Waals surface area contributed by atoms with Crippen molar-refractivity contribution in [3.05, 3.63) is 10.6 Å². The first-order valence-electron chi connectivity index (χ1n) is 6.99. The van der Waals surface area contributed by atoms with Gasteiger partial charge in [0.15, 0.2) is 5.13 Å². The number of nitrogens with zero attached hydrogens (tertiary/aromatic N) is 1. The van der Waals surface area contributed by atoms with Gasteiger partial charge in [-0.05, 0) is 25.2 Å². The fourth-order valence-electron chi connectivity index (χ4n) is 2.65. The number of anilines is 1. The summed E-state index contributed by atoms with van der Waals surface area (Å²) in [4.78, 5) is 28.8. The maximum Gasteiger partial charge on any atom is 0.315 e. The maximum atomic E-state index is 12.0. The monoisotopic (exact) mass is 294 g/mol. The summed E-state index contributed by atoms with van der Waals surface area (Å²) < 4.78 is 0. The highest BCUT2D eigenvalue weighted by molar-refractivity contribution is 7.15. The van der Waals surface area contributed by atoms with Crippen LogP contribution < -0.4 is 16.0 Å². The third kappa shape index (κ3) is 2.63. The first kappa shape index (κ1) is 13.4. The number of hydrogen-bond donors (Lipinski definition) is 3. The SMILES string of the molecule is CCC1CCc2nc(NC(=O)C3CNC(=O)N3)sc2C1. The lowest BCUT2D eigenvalue weighted by Crippen LogP contribution is -2.38. The fraction of sp³-hybridized carbons (Fsp3) is 0.615. The average Bonchev–Trinajstić information content (AvgIpc) is 3.03. The van der Waals surface area contributed by atoms with Crippen LogP contribution in [0.25, 0.3) is 0 Å². The predicted molar refractivity (Wildman–Crippen MR) is 76.9 cm³/mol. The molecule has 2 aliphatic rings. The number of hydrogen-bond acceptors (Lipinski definition) is 4. The number of aryl methyl sites for hydroxylation is 1. The number of aromatic nitrogens is 1. The van der Waals surface area contributed by atoms with E-state index in [1.807, 2.05) is 0 Å². The number of carbonyl (C=O) groups is 2. The van der Waals surface area contributed by atoms with E-state index in [-0.39, 0.29) is 11.9 Å². The number of carbonyl (C=O) groups excluding carboxylic acids is 2. The molecule has 1 aromatic rings. The highest BCUT2D eigenvalue weighted by atomic mass is 32.1. The summed E-state index contributed by atoms with van der Waals surface area (Å²) in [5.41, 5.74) is 1.13. The molecule has 7 heteroatoms. The number of urea groups is 1. The van der Waals surface area contributed by atoms with Gasteiger partial charge in [0.05, 0.1) is 5.69 Å². The lowest BCUT2D eigenvalue weighted by atomic mass is 9.89. The first-order chi connectivity index (χ1) is 9.65. The standard InChI is InChI=1S/C13H18N4O2S/c1-2-7-3-4-8-10(5-7)20-13(16-8)17-11(18)9-6-14-12(19)15-9/h7,9H,2-6H2,1H3,(H2,14,15,19)(H,16,17,18). The highest BCUT2D eigenvalue weighted by Gasteiger charge is 2.28. The molecule has 2 atom stereocenters. The molecule has 6 nitrogen and oxygen atoms in total. The molecule has 2 unspecified atom stereocenters. The van der Waals surface area contributed by atoms with Gasteiger partial charge in [0.2, 0.25) is 0 Å². The van der Waals surface area contributed by atoms with Crippen molar-refractivity contribution in [3.63, 3.8) is 0 Å². The van der Waals surface area contributed by atoms with Gasteiger partial charge in [-0.25, -0.2) is 9.78 Å². The van der Waals surface area contributed by atoms with Crippen LogP contribution >= 0.6 is 11.3 Å². The quantitative estimate of drug-likeness (QED) is 0.785. The van der Waals surface area contributed by atoms with E-state index in [4.69, 9.17) is 0 Å². The zero-order valence-electron chi connectivity index (χ0n) is 11.4. The molecule has 0 saturated carbocycles. The summed E-state index contributed by atoms with van der Waals surface area (Å²) >= 11 is 1.57. The molecule has 1 aliphatic carbocycles. The van der Waals surface area contributed by atoms with Crippen LogP contribution in [0, 0.1) is 5.92 Å². The zero-order chi connectivity index (χ0) is 14.1. The van der Waals surface area contributed by atoms with Gasteiger partial charge in [-0.2, -0.15) is 0 Å². The summed E-state index contributed by atoms with van der Waals surface area (Å²) in [5.74, 6) is 0.534. The molecule has 1 saturated heterocycles. The minimum Gasteiger partial charge on any atom is -0.336 e. The predicted octanol–water partition coefficient (Wildman–Crippen LogP) is 1.28. The highest BCUT2D eigenvalue weighted by Crippen LogP contribution is 2.33. The summed E-state index contributed by atoms with van der Waals surface area (Å²) in [6.45, 7) is 2.54. The van der Waals surface area contributed by atoms with E-state index in [0.29, 0.717) is 11.7 Å². The molecule has 1 fully saturated rings. The van der Waals surface area contributed by atoms with Crippen LogP contribution in [-0.4, -0.2) is 29.5 Å². The van der Waals surface area contributed by atoms with Crippen molar-refractivity contribution in [1.29, 1.82) is 0 Å². The van der Waals surface area contributed by atoms with Gasteiger partial charge < -0.3 is 16.0 Å². The summed E-state index contributed by atoms with van der Waals surface area (Å²) in [5, 5.41) is 8.60. The van der Waals surface area contributed by atoms with E-state index in [9.17, 15) is 9.59 Å². The summed E-state index contributed by atoms with van der Waals surface area (Å²) in [6.07, 6.45) is 4.45. The first-order valence-corrected chi connectivity index (χ1v) is 7.81. The van der Waals surface area contributed by atoms with Gasteiger partial charge in [-0.15, -0.1) is 11.3 Å². The van der Waals surface area contributed by atoms with E-state index < -0.39 is 6.04 Å². The van der Waals surface area contributed by atoms with Gasteiger partial charge in [-0.1, -0.05) is 13.3 Å². The second-order valence-electron chi connectivity index (χ2n) is 5.30. The zero-order valence-corrected chi connectivity index (χ0v) is 12.2. The van der Waals surface area contributed by atoms with Crippen molar-refractivity contribution in [2.24, 2.45) is 5.92 Å². The maximum absolute atomic E-state index is 12.0. The smallest absolute Gasteiger partial charge is 0.315 e. The molecule has 3 rings (SSSR count). The Kier molecular flexibility index (Phi) is 3.60. The molecule has 108 valence electrons. The van der Waals surface area contributed by atoms with Crippen molar-refractivity contribution in [3.8, 4) is 0 Å². The Labute approximate surface area is 121 Å². The van der Waals surface area contributed by atoms with E-state index >= 15 is 0 Å². The Morgan fingerprint density at radius 3 is 3.10 bits per heavy atom. The van der Waals surface area contributed by atoms with E-state index in [1.165, 1.54) is 17.7 Å². The van der Waals surface area contributed by atoms with Gasteiger partial charge in [-0.3, -0.25) is 4.79 Å². The van der Waals surface area contributed by atoms with Gasteiger partial charge in [0, 0.05) is 11.4 Å². The largest absolute Gasteiger partial charge is 0.336 e. The third-order valence-electron chi connectivity index (χ3n) is 3.94. The molecule has 2 heterocycles. The van der Waals surface area contributed by atoms with E-state index in [0.717, 1.165) is 24.5 Å². The normalized spacial score (nSPS) is 24.8. The number of nitrogens with one attached hydrogen (secondary N) is 3. The summed E-state index contributed by atoms with van der Waals surface area (Å²) in [7, 11) is 0. The van der Waals surface area contributed by atoms with Crippen LogP contribution in [0.5, 0.6) is 0 Å². The molecule has 0 bridgehead atoms. The lowest BCUT2D eigenvalue weighted by Gasteiger charge is -2.18. The van der Waals surface area contributed by atoms with Crippen LogP contribution in [0.3, 0.4) is 0 Å². The number of amides is 3. The van der Waals surface area contributed by atoms with Crippen LogP contribution in [0.4, 0.5) is 9.93 Å². The van der Waals surface area contributed by atoms with Crippen molar-refractivity contribution in [2.75, 3.05) is 11.9 Å².